The molecule has 0 aliphatic heterocycles. The Labute approximate surface area is 50.5 Å². The molecule has 0 aromatic rings. The van der Waals surface area contributed by atoms with Gasteiger partial charge in [0.25, 0.3) is 0 Å². The molecular weight excluding hydrogens is 130 g/mol. The molecule has 1 rings (SSSR count). The van der Waals surface area contributed by atoms with Gasteiger partial charge in [0.05, 0.1) is 0 Å². The van der Waals surface area contributed by atoms with E-state index in [2.05, 4.69) is 0 Å². The van der Waals surface area contributed by atoms with E-state index in [1.165, 1.54) is 0 Å². The van der Waals surface area contributed by atoms with Crippen LogP contribution in [0, 0.1) is 0 Å². The summed E-state index contributed by atoms with van der Waals surface area (Å²) in [5.41, 5.74) is -2.04. The summed E-state index contributed by atoms with van der Waals surface area (Å²) in [5.74, 6) is -1.70. The lowest BCUT2D eigenvalue weighted by Crippen LogP contribution is -2.27. The number of halogens is 2. The molecular formula is C5H6F2O2. The predicted molar refractivity (Wildman–Crippen MR) is 25.6 cm³/mol. The fraction of sp³-hybridized carbons (Fsp3) is 0.800. The number of hydrogen-bond acceptors (Lipinski definition) is 1. The van der Waals surface area contributed by atoms with Crippen LogP contribution in [-0.4, -0.2) is 22.9 Å². The first kappa shape index (κ1) is 6.45. The van der Waals surface area contributed by atoms with Gasteiger partial charge in [-0.2, -0.15) is 0 Å². The summed E-state index contributed by atoms with van der Waals surface area (Å²) >= 11 is 0. The van der Waals surface area contributed by atoms with Gasteiger partial charge in [-0.1, -0.05) is 0 Å². The van der Waals surface area contributed by atoms with Crippen molar-refractivity contribution < 1.29 is 18.7 Å². The van der Waals surface area contributed by atoms with Gasteiger partial charge in [-0.25, -0.2) is 13.6 Å². The zero-order valence-corrected chi connectivity index (χ0v) is 4.60. The van der Waals surface area contributed by atoms with Crippen LogP contribution in [0.5, 0.6) is 0 Å². The third kappa shape index (κ3) is 1.01. The summed E-state index contributed by atoms with van der Waals surface area (Å²) in [6.07, 6.45) is -2.24. The Kier molecular flexibility index (Phi) is 1.18. The number of carboxylic acids is 1. The maximum atomic E-state index is 12.4. The normalized spacial score (nSPS) is 25.1. The van der Waals surface area contributed by atoms with Crippen molar-refractivity contribution in [2.45, 2.75) is 24.7 Å². The Morgan fingerprint density at radius 2 is 2.11 bits per heavy atom. The van der Waals surface area contributed by atoms with Gasteiger partial charge in [0.15, 0.2) is 5.67 Å². The second-order valence-corrected chi connectivity index (χ2v) is 2.24. The lowest BCUT2D eigenvalue weighted by molar-refractivity contribution is -0.146. The summed E-state index contributed by atoms with van der Waals surface area (Å²) in [7, 11) is 0. The molecule has 2 nitrogen and oxygen atoms in total. The minimum atomic E-state index is -2.32. The fourth-order valence-electron chi connectivity index (χ4n) is 0.594. The second-order valence-electron chi connectivity index (χ2n) is 2.24. The van der Waals surface area contributed by atoms with E-state index in [9.17, 15) is 13.6 Å². The summed E-state index contributed by atoms with van der Waals surface area (Å²) in [6, 6.07) is 0. The van der Waals surface area contributed by atoms with E-state index in [4.69, 9.17) is 5.11 Å². The highest BCUT2D eigenvalue weighted by atomic mass is 19.2. The van der Waals surface area contributed by atoms with Crippen molar-refractivity contribution in [2.24, 2.45) is 0 Å². The SMILES string of the molecule is O=C(O)C(F)C1(F)CC1. The van der Waals surface area contributed by atoms with Crippen molar-refractivity contribution in [3.63, 3.8) is 0 Å². The highest BCUT2D eigenvalue weighted by molar-refractivity contribution is 5.74. The van der Waals surface area contributed by atoms with Crippen molar-refractivity contribution in [2.75, 3.05) is 0 Å². The molecule has 9 heavy (non-hydrogen) atoms. The van der Waals surface area contributed by atoms with Crippen LogP contribution in [0.25, 0.3) is 0 Å². The van der Waals surface area contributed by atoms with Crippen molar-refractivity contribution in [3.8, 4) is 0 Å². The van der Waals surface area contributed by atoms with Crippen LogP contribution >= 0.6 is 0 Å². The average Bonchev–Trinajstić information content (AvgIpc) is 2.47. The highest BCUT2D eigenvalue weighted by Crippen LogP contribution is 2.44. The number of aliphatic carboxylic acids is 1. The minimum absolute atomic E-state index is 0.0421. The smallest absolute Gasteiger partial charge is 0.341 e. The van der Waals surface area contributed by atoms with E-state index < -0.39 is 17.8 Å². The van der Waals surface area contributed by atoms with Gasteiger partial charge in [-0.15, -0.1) is 0 Å². The maximum absolute atomic E-state index is 12.4. The monoisotopic (exact) mass is 136 g/mol. The molecule has 1 aliphatic rings. The number of alkyl halides is 2. The highest BCUT2D eigenvalue weighted by Gasteiger charge is 2.54. The number of carbonyl (C=O) groups is 1. The zero-order valence-electron chi connectivity index (χ0n) is 4.60. The Balaban J connectivity index is 2.52. The first-order valence-electron chi connectivity index (χ1n) is 2.62. The summed E-state index contributed by atoms with van der Waals surface area (Å²) in [5, 5.41) is 7.94. The Morgan fingerprint density at radius 3 is 2.22 bits per heavy atom. The quantitative estimate of drug-likeness (QED) is 0.612. The number of hydrogen-bond donors (Lipinski definition) is 1. The summed E-state index contributed by atoms with van der Waals surface area (Å²) in [4.78, 5) is 9.77. The van der Waals surface area contributed by atoms with Crippen LogP contribution in [0.15, 0.2) is 0 Å². The zero-order chi connectivity index (χ0) is 7.07. The van der Waals surface area contributed by atoms with Crippen LogP contribution in [0.2, 0.25) is 0 Å². The Morgan fingerprint density at radius 1 is 1.67 bits per heavy atom. The molecule has 1 N–H and O–H groups in total. The molecule has 1 aliphatic carbocycles. The van der Waals surface area contributed by atoms with E-state index in [-0.39, 0.29) is 12.8 Å². The second kappa shape index (κ2) is 1.65. The lowest BCUT2D eigenvalue weighted by Gasteiger charge is -2.04. The molecule has 0 amide bonds. The van der Waals surface area contributed by atoms with Crippen molar-refractivity contribution in [1.82, 2.24) is 0 Å². The fourth-order valence-corrected chi connectivity index (χ4v) is 0.594. The first-order valence-corrected chi connectivity index (χ1v) is 2.62. The molecule has 4 heteroatoms. The van der Waals surface area contributed by atoms with Crippen LogP contribution < -0.4 is 0 Å². The van der Waals surface area contributed by atoms with E-state index in [1.807, 2.05) is 0 Å². The van der Waals surface area contributed by atoms with Crippen molar-refractivity contribution in [1.29, 1.82) is 0 Å². The third-order valence-corrected chi connectivity index (χ3v) is 1.40. The molecule has 1 fully saturated rings. The molecule has 0 radical (unpaired) electrons. The predicted octanol–water partition coefficient (Wildman–Crippen LogP) is 0.911. The van der Waals surface area contributed by atoms with Gasteiger partial charge in [-0.3, -0.25) is 0 Å². The van der Waals surface area contributed by atoms with E-state index in [1.54, 1.807) is 0 Å². The molecule has 0 heterocycles. The molecule has 1 saturated carbocycles. The van der Waals surface area contributed by atoms with Gasteiger partial charge < -0.3 is 5.11 Å². The molecule has 0 aromatic carbocycles. The number of carboxylic acid groups (broad SMARTS) is 1. The standard InChI is InChI=1S/C5H6F2O2/c6-3(4(8)9)5(7)1-2-5/h3H,1-2H2,(H,8,9). The van der Waals surface area contributed by atoms with Gasteiger partial charge in [0.1, 0.15) is 0 Å². The van der Waals surface area contributed by atoms with Gasteiger partial charge in [0, 0.05) is 0 Å². The van der Waals surface area contributed by atoms with E-state index in [0.717, 1.165) is 0 Å². The van der Waals surface area contributed by atoms with Crippen molar-refractivity contribution >= 4 is 5.97 Å². The van der Waals surface area contributed by atoms with Gasteiger partial charge in [0.2, 0.25) is 6.17 Å². The molecule has 0 saturated heterocycles. The van der Waals surface area contributed by atoms with Crippen LogP contribution in [-0.2, 0) is 4.79 Å². The number of rotatable bonds is 2. The molecule has 0 aromatic heterocycles. The van der Waals surface area contributed by atoms with Crippen LogP contribution in [0.4, 0.5) is 8.78 Å². The summed E-state index contributed by atoms with van der Waals surface area (Å²) < 4.78 is 24.5. The minimum Gasteiger partial charge on any atom is -0.479 e. The first-order chi connectivity index (χ1) is 4.06. The molecule has 52 valence electrons. The van der Waals surface area contributed by atoms with E-state index >= 15 is 0 Å². The Bertz CT molecular complexity index is 142. The van der Waals surface area contributed by atoms with Gasteiger partial charge in [-0.05, 0) is 12.8 Å². The third-order valence-electron chi connectivity index (χ3n) is 1.40. The molecule has 1 unspecified atom stereocenters. The maximum Gasteiger partial charge on any atom is 0.341 e. The topological polar surface area (TPSA) is 37.3 Å². The average molecular weight is 136 g/mol. The Hall–Kier alpha value is -0.670. The van der Waals surface area contributed by atoms with Crippen molar-refractivity contribution in [3.05, 3.63) is 0 Å². The molecule has 1 atom stereocenters. The van der Waals surface area contributed by atoms with Crippen LogP contribution in [0.1, 0.15) is 12.8 Å². The van der Waals surface area contributed by atoms with E-state index in [0.29, 0.717) is 0 Å². The lowest BCUT2D eigenvalue weighted by atomic mass is 10.2. The largest absolute Gasteiger partial charge is 0.479 e. The molecule has 0 spiro atoms. The van der Waals surface area contributed by atoms with Crippen LogP contribution in [0.3, 0.4) is 0 Å². The molecule has 0 bridgehead atoms. The van der Waals surface area contributed by atoms with Gasteiger partial charge >= 0.3 is 5.97 Å². The summed E-state index contributed by atoms with van der Waals surface area (Å²) in [6.45, 7) is 0.